The Morgan fingerprint density at radius 2 is 1.92 bits per heavy atom. The molecule has 0 aliphatic carbocycles. The van der Waals surface area contributed by atoms with Crippen LogP contribution in [0.25, 0.3) is 0 Å². The largest absolute Gasteiger partial charge is 0.331 e. The number of halogens is 1. The van der Waals surface area contributed by atoms with E-state index >= 15 is 0 Å². The van der Waals surface area contributed by atoms with Gasteiger partial charge in [-0.3, -0.25) is 9.59 Å². The highest BCUT2D eigenvalue weighted by molar-refractivity contribution is 7.16. The number of aromatic nitrogens is 3. The highest BCUT2D eigenvalue weighted by Gasteiger charge is 2.20. The molecule has 0 fully saturated rings. The Kier molecular flexibility index (Phi) is 5.20. The number of ketones is 1. The number of anilines is 1. The van der Waals surface area contributed by atoms with Gasteiger partial charge in [-0.05, 0) is 30.2 Å². The third-order valence-electron chi connectivity index (χ3n) is 3.80. The fourth-order valence-electron chi connectivity index (χ4n) is 2.47. The van der Waals surface area contributed by atoms with Crippen molar-refractivity contribution in [3.63, 3.8) is 0 Å². The van der Waals surface area contributed by atoms with Gasteiger partial charge in [-0.1, -0.05) is 25.4 Å². The number of nitrogens with zero attached hydrogens (tertiary/aromatic N) is 3. The Morgan fingerprint density at radius 3 is 2.50 bits per heavy atom. The molecule has 0 aliphatic heterocycles. The van der Waals surface area contributed by atoms with Crippen LogP contribution in [-0.2, 0) is 7.05 Å². The Morgan fingerprint density at radius 1 is 1.23 bits per heavy atom. The average Bonchev–Trinajstić information content (AvgIpc) is 3.20. The molecule has 0 bridgehead atoms. The van der Waals surface area contributed by atoms with Gasteiger partial charge in [0.15, 0.2) is 10.3 Å². The second kappa shape index (κ2) is 7.39. The smallest absolute Gasteiger partial charge is 0.275 e. The number of rotatable bonds is 5. The van der Waals surface area contributed by atoms with Crippen LogP contribution in [0.5, 0.6) is 0 Å². The summed E-state index contributed by atoms with van der Waals surface area (Å²) in [6, 6.07) is 6.67. The van der Waals surface area contributed by atoms with Crippen molar-refractivity contribution in [2.24, 2.45) is 7.05 Å². The van der Waals surface area contributed by atoms with Gasteiger partial charge in [0, 0.05) is 35.6 Å². The van der Waals surface area contributed by atoms with Gasteiger partial charge < -0.3 is 9.88 Å². The van der Waals surface area contributed by atoms with E-state index in [0.717, 1.165) is 4.88 Å². The van der Waals surface area contributed by atoms with Crippen LogP contribution in [0.2, 0.25) is 4.47 Å². The zero-order chi connectivity index (χ0) is 18.8. The van der Waals surface area contributed by atoms with Gasteiger partial charge >= 0.3 is 0 Å². The number of amides is 1. The first-order valence-electron chi connectivity index (χ1n) is 7.96. The number of carbonyl (C=O) groups is 2. The molecule has 1 amide bonds. The van der Waals surface area contributed by atoms with E-state index in [0.29, 0.717) is 27.2 Å². The minimum absolute atomic E-state index is 0.151. The number of hydrogen-bond acceptors (Lipinski definition) is 5. The fourth-order valence-corrected chi connectivity index (χ4v) is 3.59. The number of benzene rings is 1. The highest BCUT2D eigenvalue weighted by atomic mass is 35.5. The molecule has 3 aromatic rings. The van der Waals surface area contributed by atoms with Crippen LogP contribution in [0.15, 0.2) is 36.7 Å². The first-order valence-corrected chi connectivity index (χ1v) is 9.16. The van der Waals surface area contributed by atoms with E-state index in [2.05, 4.69) is 15.3 Å². The lowest BCUT2D eigenvalue weighted by Gasteiger charge is -2.08. The van der Waals surface area contributed by atoms with Gasteiger partial charge in [-0.15, -0.1) is 11.3 Å². The maximum Gasteiger partial charge on any atom is 0.275 e. The van der Waals surface area contributed by atoms with Crippen LogP contribution >= 0.6 is 22.9 Å². The van der Waals surface area contributed by atoms with Crippen molar-refractivity contribution in [1.82, 2.24) is 14.5 Å². The molecule has 0 aliphatic rings. The second-order valence-electron chi connectivity index (χ2n) is 6.06. The molecule has 26 heavy (non-hydrogen) atoms. The zero-order valence-electron chi connectivity index (χ0n) is 14.5. The zero-order valence-corrected chi connectivity index (χ0v) is 16.1. The van der Waals surface area contributed by atoms with E-state index in [1.807, 2.05) is 13.8 Å². The predicted octanol–water partition coefficient (Wildman–Crippen LogP) is 4.14. The summed E-state index contributed by atoms with van der Waals surface area (Å²) >= 11 is 7.26. The molecule has 1 aromatic carbocycles. The number of thiazole rings is 1. The van der Waals surface area contributed by atoms with Crippen molar-refractivity contribution in [2.75, 3.05) is 5.32 Å². The van der Waals surface area contributed by atoms with E-state index in [-0.39, 0.29) is 17.6 Å². The summed E-state index contributed by atoms with van der Waals surface area (Å²) < 4.78 is 2.01. The molecular formula is C18H17ClN4O2S. The molecule has 8 heteroatoms. The topological polar surface area (TPSA) is 76.9 Å². The first kappa shape index (κ1) is 18.3. The standard InChI is InChI=1S/C18H17ClN4O2S/c1-10(2)15-13(22-18(19)26-15)17(25)21-12-6-4-11(5-7-12)14(24)16-20-8-9-23(16)3/h4-10H,1-3H3,(H,21,25). The Hall–Kier alpha value is -2.51. The monoisotopic (exact) mass is 388 g/mol. The Bertz CT molecular complexity index is 960. The molecule has 3 rings (SSSR count). The van der Waals surface area contributed by atoms with E-state index < -0.39 is 0 Å². The second-order valence-corrected chi connectivity index (χ2v) is 7.67. The lowest BCUT2D eigenvalue weighted by Crippen LogP contribution is -2.15. The average molecular weight is 389 g/mol. The lowest BCUT2D eigenvalue weighted by atomic mass is 10.1. The van der Waals surface area contributed by atoms with E-state index in [1.165, 1.54) is 11.3 Å². The quantitative estimate of drug-likeness (QED) is 0.666. The molecule has 1 N–H and O–H groups in total. The molecule has 2 heterocycles. The van der Waals surface area contributed by atoms with Gasteiger partial charge in [-0.25, -0.2) is 9.97 Å². The highest BCUT2D eigenvalue weighted by Crippen LogP contribution is 2.30. The minimum Gasteiger partial charge on any atom is -0.331 e. The summed E-state index contributed by atoms with van der Waals surface area (Å²) in [6.07, 6.45) is 3.29. The van der Waals surface area contributed by atoms with E-state index in [9.17, 15) is 9.59 Å². The summed E-state index contributed by atoms with van der Waals surface area (Å²) in [5, 5.41) is 2.79. The molecule has 0 atom stereocenters. The SMILES string of the molecule is CC(C)c1sc(Cl)nc1C(=O)Nc1ccc(C(=O)c2nccn2C)cc1. The number of aryl methyl sites for hydroxylation is 1. The maximum absolute atomic E-state index is 12.5. The number of nitrogens with one attached hydrogen (secondary N) is 1. The molecule has 0 spiro atoms. The van der Waals surface area contributed by atoms with Gasteiger partial charge in [0.1, 0.15) is 5.69 Å². The summed E-state index contributed by atoms with van der Waals surface area (Å²) in [4.78, 5) is 33.9. The molecule has 0 radical (unpaired) electrons. The van der Waals surface area contributed by atoms with Crippen molar-refractivity contribution in [3.05, 3.63) is 63.1 Å². The van der Waals surface area contributed by atoms with Crippen LogP contribution in [0.4, 0.5) is 5.69 Å². The number of hydrogen-bond donors (Lipinski definition) is 1. The lowest BCUT2D eigenvalue weighted by molar-refractivity contribution is 0.101. The summed E-state index contributed by atoms with van der Waals surface area (Å²) in [6.45, 7) is 3.97. The van der Waals surface area contributed by atoms with Crippen molar-refractivity contribution in [1.29, 1.82) is 0 Å². The Balaban J connectivity index is 1.77. The molecule has 0 unspecified atom stereocenters. The van der Waals surface area contributed by atoms with Gasteiger partial charge in [0.2, 0.25) is 5.78 Å². The normalized spacial score (nSPS) is 11.0. The van der Waals surface area contributed by atoms with Crippen molar-refractivity contribution >= 4 is 40.3 Å². The maximum atomic E-state index is 12.5. The number of carbonyl (C=O) groups excluding carboxylic acids is 2. The van der Waals surface area contributed by atoms with Crippen LogP contribution < -0.4 is 5.32 Å². The molecule has 134 valence electrons. The first-order chi connectivity index (χ1) is 12.4. The molecule has 0 saturated carbocycles. The fraction of sp³-hybridized carbons (Fsp3) is 0.222. The predicted molar refractivity (Wildman–Crippen MR) is 102 cm³/mol. The molecule has 0 saturated heterocycles. The van der Waals surface area contributed by atoms with Gasteiger partial charge in [-0.2, -0.15) is 0 Å². The van der Waals surface area contributed by atoms with Crippen LogP contribution in [0.3, 0.4) is 0 Å². The Labute approximate surface area is 159 Å². The molecular weight excluding hydrogens is 372 g/mol. The third kappa shape index (κ3) is 3.68. The summed E-state index contributed by atoms with van der Waals surface area (Å²) in [5.41, 5.74) is 1.41. The summed E-state index contributed by atoms with van der Waals surface area (Å²) in [7, 11) is 1.76. The van der Waals surface area contributed by atoms with Crippen molar-refractivity contribution < 1.29 is 9.59 Å². The van der Waals surface area contributed by atoms with Crippen LogP contribution in [0, 0.1) is 0 Å². The van der Waals surface area contributed by atoms with Crippen LogP contribution in [-0.4, -0.2) is 26.2 Å². The summed E-state index contributed by atoms with van der Waals surface area (Å²) in [5.74, 6) is 0.0165. The van der Waals surface area contributed by atoms with E-state index in [4.69, 9.17) is 11.6 Å². The van der Waals surface area contributed by atoms with Crippen molar-refractivity contribution in [2.45, 2.75) is 19.8 Å². The molecule has 2 aromatic heterocycles. The van der Waals surface area contributed by atoms with E-state index in [1.54, 1.807) is 48.3 Å². The van der Waals surface area contributed by atoms with Gasteiger partial charge in [0.25, 0.3) is 5.91 Å². The minimum atomic E-state index is -0.319. The van der Waals surface area contributed by atoms with Crippen molar-refractivity contribution in [3.8, 4) is 0 Å². The van der Waals surface area contributed by atoms with Crippen LogP contribution in [0.1, 0.15) is 51.3 Å². The third-order valence-corrected chi connectivity index (χ3v) is 5.26. The molecule has 6 nitrogen and oxygen atoms in total. The number of imidazole rings is 1. The van der Waals surface area contributed by atoms with Gasteiger partial charge in [0.05, 0.1) is 0 Å².